The summed E-state index contributed by atoms with van der Waals surface area (Å²) in [6, 6.07) is 0. The summed E-state index contributed by atoms with van der Waals surface area (Å²) < 4.78 is 6.03. The summed E-state index contributed by atoms with van der Waals surface area (Å²) in [5, 5.41) is 0. The van der Waals surface area contributed by atoms with Gasteiger partial charge in [-0.3, -0.25) is 0 Å². The molecular formula is C68H138O. The number of hydrogen-bond acceptors (Lipinski definition) is 1. The second-order valence-electron chi connectivity index (χ2n) is 23.8. The Hall–Kier alpha value is -0.0400. The van der Waals surface area contributed by atoms with Gasteiger partial charge in [-0.25, -0.2) is 0 Å². The van der Waals surface area contributed by atoms with Crippen LogP contribution in [0, 0.1) is 11.8 Å². The molecule has 0 fully saturated rings. The van der Waals surface area contributed by atoms with Crippen molar-refractivity contribution < 1.29 is 4.74 Å². The molecular weight excluding hydrogens is 833 g/mol. The summed E-state index contributed by atoms with van der Waals surface area (Å²) in [5.41, 5.74) is 0. The zero-order valence-corrected chi connectivity index (χ0v) is 49.4. The van der Waals surface area contributed by atoms with E-state index in [1.54, 1.807) is 0 Å². The van der Waals surface area contributed by atoms with Crippen molar-refractivity contribution in [2.75, 3.05) is 13.2 Å². The largest absolute Gasteiger partial charge is 0.381 e. The van der Waals surface area contributed by atoms with E-state index in [0.717, 1.165) is 25.0 Å². The van der Waals surface area contributed by atoms with Crippen molar-refractivity contribution in [3.05, 3.63) is 0 Å². The van der Waals surface area contributed by atoms with E-state index >= 15 is 0 Å². The van der Waals surface area contributed by atoms with E-state index in [0.29, 0.717) is 0 Å². The lowest BCUT2D eigenvalue weighted by atomic mass is 9.89. The molecule has 0 aliphatic rings. The van der Waals surface area contributed by atoms with Crippen LogP contribution >= 0.6 is 0 Å². The Bertz CT molecular complexity index is 783. The highest BCUT2D eigenvalue weighted by molar-refractivity contribution is 4.64. The molecule has 0 radical (unpaired) electrons. The van der Waals surface area contributed by atoms with Gasteiger partial charge in [-0.2, -0.15) is 0 Å². The Morgan fingerprint density at radius 1 is 0.159 bits per heavy atom. The van der Waals surface area contributed by atoms with E-state index in [2.05, 4.69) is 27.7 Å². The van der Waals surface area contributed by atoms with Crippen molar-refractivity contribution in [1.29, 1.82) is 0 Å². The van der Waals surface area contributed by atoms with Crippen LogP contribution in [-0.4, -0.2) is 13.2 Å². The molecule has 0 heterocycles. The maximum absolute atomic E-state index is 6.03. The smallest absolute Gasteiger partial charge is 0.0466 e. The molecule has 2 unspecified atom stereocenters. The van der Waals surface area contributed by atoms with Gasteiger partial charge in [-0.15, -0.1) is 0 Å². The van der Waals surface area contributed by atoms with Gasteiger partial charge in [-0.1, -0.05) is 400 Å². The van der Waals surface area contributed by atoms with Crippen LogP contribution in [0.5, 0.6) is 0 Å². The van der Waals surface area contributed by atoms with Crippen molar-refractivity contribution in [3.8, 4) is 0 Å². The maximum Gasteiger partial charge on any atom is 0.0466 e. The van der Waals surface area contributed by atoms with Crippen molar-refractivity contribution in [2.45, 2.75) is 413 Å². The lowest BCUT2D eigenvalue weighted by Crippen LogP contribution is -2.01. The third-order valence-electron chi connectivity index (χ3n) is 16.7. The fraction of sp³-hybridized carbons (Fsp3) is 1.00. The van der Waals surface area contributed by atoms with E-state index in [-0.39, 0.29) is 0 Å². The lowest BCUT2D eigenvalue weighted by Gasteiger charge is -2.17. The minimum atomic E-state index is 0.998. The highest BCUT2D eigenvalue weighted by Crippen LogP contribution is 2.27. The zero-order valence-electron chi connectivity index (χ0n) is 49.4. The van der Waals surface area contributed by atoms with Gasteiger partial charge < -0.3 is 4.74 Å². The highest BCUT2D eigenvalue weighted by Gasteiger charge is 2.10. The van der Waals surface area contributed by atoms with Gasteiger partial charge in [0.25, 0.3) is 0 Å². The summed E-state index contributed by atoms with van der Waals surface area (Å²) in [7, 11) is 0. The molecule has 0 aromatic carbocycles. The fourth-order valence-electron chi connectivity index (χ4n) is 11.7. The Balaban J connectivity index is 3.66. The van der Waals surface area contributed by atoms with Crippen LogP contribution in [-0.2, 0) is 4.74 Å². The van der Waals surface area contributed by atoms with Crippen molar-refractivity contribution in [3.63, 3.8) is 0 Å². The van der Waals surface area contributed by atoms with Gasteiger partial charge in [0.15, 0.2) is 0 Å². The van der Waals surface area contributed by atoms with E-state index < -0.39 is 0 Å². The number of hydrogen-bond donors (Lipinski definition) is 0. The Labute approximate surface area is 440 Å². The van der Waals surface area contributed by atoms with Gasteiger partial charge in [0, 0.05) is 13.2 Å². The predicted octanol–water partition coefficient (Wildman–Crippen LogP) is 25.7. The fourth-order valence-corrected chi connectivity index (χ4v) is 11.7. The van der Waals surface area contributed by atoms with E-state index in [1.165, 1.54) is 385 Å². The van der Waals surface area contributed by atoms with Gasteiger partial charge in [0.2, 0.25) is 0 Å². The average Bonchev–Trinajstić information content (AvgIpc) is 3.36. The molecule has 1 nitrogen and oxygen atoms in total. The van der Waals surface area contributed by atoms with Crippen LogP contribution in [0.25, 0.3) is 0 Å². The molecule has 0 aromatic heterocycles. The predicted molar refractivity (Wildman–Crippen MR) is 318 cm³/mol. The van der Waals surface area contributed by atoms with Gasteiger partial charge in [0.05, 0.1) is 0 Å². The molecule has 0 N–H and O–H groups in total. The van der Waals surface area contributed by atoms with Crippen molar-refractivity contribution in [2.24, 2.45) is 11.8 Å². The molecule has 0 rings (SSSR count). The normalized spacial score (nSPS) is 12.7. The number of unbranched alkanes of at least 4 members (excludes halogenated alkanes) is 48. The average molecular weight is 972 g/mol. The molecule has 0 aliphatic heterocycles. The Kier molecular flexibility index (Phi) is 64.0. The summed E-state index contributed by atoms with van der Waals surface area (Å²) in [4.78, 5) is 0. The topological polar surface area (TPSA) is 9.23 Å². The molecule has 416 valence electrons. The summed E-state index contributed by atoms with van der Waals surface area (Å²) in [6.45, 7) is 11.3. The van der Waals surface area contributed by atoms with Crippen LogP contribution in [0.3, 0.4) is 0 Å². The van der Waals surface area contributed by atoms with Crippen LogP contribution in [0.1, 0.15) is 413 Å². The van der Waals surface area contributed by atoms with Gasteiger partial charge in [0.1, 0.15) is 0 Å². The zero-order chi connectivity index (χ0) is 49.7. The summed E-state index contributed by atoms with van der Waals surface area (Å²) in [6.07, 6.45) is 87.7. The first-order valence-corrected chi connectivity index (χ1v) is 33.9. The van der Waals surface area contributed by atoms with Crippen LogP contribution in [0.2, 0.25) is 0 Å². The molecule has 0 saturated heterocycles. The van der Waals surface area contributed by atoms with Crippen molar-refractivity contribution in [1.82, 2.24) is 0 Å². The summed E-state index contributed by atoms with van der Waals surface area (Å²) in [5.74, 6) is 2.04. The third kappa shape index (κ3) is 60.4. The first-order chi connectivity index (χ1) is 34.3. The Morgan fingerprint density at radius 2 is 0.290 bits per heavy atom. The van der Waals surface area contributed by atoms with Gasteiger partial charge in [-0.05, 0) is 24.7 Å². The highest BCUT2D eigenvalue weighted by atomic mass is 16.5. The van der Waals surface area contributed by atoms with E-state index in [1.807, 2.05) is 0 Å². The molecule has 0 aliphatic carbocycles. The van der Waals surface area contributed by atoms with Gasteiger partial charge >= 0.3 is 0 Å². The molecule has 0 bridgehead atoms. The maximum atomic E-state index is 6.03. The molecule has 1 heteroatoms. The van der Waals surface area contributed by atoms with E-state index in [9.17, 15) is 0 Å². The minimum absolute atomic E-state index is 0.998. The lowest BCUT2D eigenvalue weighted by molar-refractivity contribution is 0.125. The molecule has 0 saturated carbocycles. The first-order valence-electron chi connectivity index (χ1n) is 33.9. The number of ether oxygens (including phenoxy) is 1. The van der Waals surface area contributed by atoms with E-state index in [4.69, 9.17) is 4.74 Å². The Morgan fingerprint density at radius 3 is 0.464 bits per heavy atom. The minimum Gasteiger partial charge on any atom is -0.381 e. The monoisotopic (exact) mass is 971 g/mol. The quantitative estimate of drug-likeness (QED) is 0.0552. The summed E-state index contributed by atoms with van der Waals surface area (Å²) >= 11 is 0. The molecule has 0 spiro atoms. The van der Waals surface area contributed by atoms with Crippen LogP contribution in [0.15, 0.2) is 0 Å². The van der Waals surface area contributed by atoms with Crippen molar-refractivity contribution >= 4 is 0 Å². The SMILES string of the molecule is CCCCCCCCCCCCCCCCC(CCCCCC)CCCCCCCCCCCOCCCCCCCCCCCC(CCCCCC)CCCCCCCCCCCCCCCC. The molecule has 69 heavy (non-hydrogen) atoms. The molecule has 0 amide bonds. The second kappa shape index (κ2) is 64.1. The standard InChI is InChI=1S/C68H138O/c1-5-9-13-17-19-21-23-25-27-29-33-39-45-53-61-67(59-51-15-11-7-3)63-55-47-41-35-31-37-43-49-57-65-69-66-58-50-44-38-32-36-42-48-56-64-68(60-52-16-12-8-4)62-54-46-40-34-30-28-26-24-22-20-18-14-10-6-2/h67-68H,5-66H2,1-4H3. The molecule has 2 atom stereocenters. The van der Waals surface area contributed by atoms with Crippen LogP contribution < -0.4 is 0 Å². The first kappa shape index (κ1) is 69.0. The number of rotatable bonds is 64. The third-order valence-corrected chi connectivity index (χ3v) is 16.7. The second-order valence-corrected chi connectivity index (χ2v) is 23.8. The van der Waals surface area contributed by atoms with Crippen LogP contribution in [0.4, 0.5) is 0 Å². The molecule has 0 aromatic rings.